The van der Waals surface area contributed by atoms with Gasteiger partial charge in [-0.15, -0.1) is 0 Å². The number of methoxy groups -OCH3 is 2. The molecule has 1 aliphatic heterocycles. The van der Waals surface area contributed by atoms with Crippen molar-refractivity contribution in [2.24, 2.45) is 0 Å². The zero-order valence-corrected chi connectivity index (χ0v) is 11.5. The smallest absolute Gasteiger partial charge is 0.165 e. The van der Waals surface area contributed by atoms with Gasteiger partial charge < -0.3 is 14.2 Å². The number of rotatable bonds is 5. The van der Waals surface area contributed by atoms with Crippen molar-refractivity contribution >= 4 is 5.78 Å². The van der Waals surface area contributed by atoms with Gasteiger partial charge in [0.05, 0.1) is 14.2 Å². The Balaban J connectivity index is 2.03. The molecule has 0 aliphatic carbocycles. The van der Waals surface area contributed by atoms with Crippen molar-refractivity contribution in [2.45, 2.75) is 31.8 Å². The molecule has 0 aromatic heterocycles. The standard InChI is InChI=1S/C15H20O4/c1-17-14-7-6-11(10-15(14)18-2)9-12(16)13-5-3-4-8-19-13/h6-7,10,13H,3-5,8-9H2,1-2H3. The maximum Gasteiger partial charge on any atom is 0.165 e. The fraction of sp³-hybridized carbons (Fsp3) is 0.533. The van der Waals surface area contributed by atoms with Gasteiger partial charge >= 0.3 is 0 Å². The molecular formula is C15H20O4. The lowest BCUT2D eigenvalue weighted by atomic mass is 10.00. The summed E-state index contributed by atoms with van der Waals surface area (Å²) >= 11 is 0. The number of carbonyl (C=O) groups is 1. The van der Waals surface area contributed by atoms with E-state index in [0.717, 1.165) is 24.8 Å². The summed E-state index contributed by atoms with van der Waals surface area (Å²) in [6, 6.07) is 5.56. The van der Waals surface area contributed by atoms with E-state index in [1.165, 1.54) is 0 Å². The van der Waals surface area contributed by atoms with E-state index in [1.54, 1.807) is 14.2 Å². The lowest BCUT2D eigenvalue weighted by molar-refractivity contribution is -0.132. The van der Waals surface area contributed by atoms with E-state index < -0.39 is 0 Å². The second-order valence-electron chi connectivity index (χ2n) is 4.69. The normalized spacial score (nSPS) is 18.9. The molecule has 1 aliphatic rings. The summed E-state index contributed by atoms with van der Waals surface area (Å²) in [6.07, 6.45) is 3.11. The number of hydrogen-bond donors (Lipinski definition) is 0. The average Bonchev–Trinajstić information content (AvgIpc) is 2.48. The first kappa shape index (κ1) is 13.9. The van der Waals surface area contributed by atoms with Crippen molar-refractivity contribution < 1.29 is 19.0 Å². The Hall–Kier alpha value is -1.55. The fourth-order valence-corrected chi connectivity index (χ4v) is 2.30. The minimum absolute atomic E-state index is 0.145. The van der Waals surface area contributed by atoms with Crippen molar-refractivity contribution in [1.82, 2.24) is 0 Å². The van der Waals surface area contributed by atoms with Gasteiger partial charge in [0.25, 0.3) is 0 Å². The zero-order chi connectivity index (χ0) is 13.7. The van der Waals surface area contributed by atoms with E-state index in [-0.39, 0.29) is 11.9 Å². The lowest BCUT2D eigenvalue weighted by Crippen LogP contribution is -2.29. The number of ketones is 1. The van der Waals surface area contributed by atoms with Gasteiger partial charge in [-0.2, -0.15) is 0 Å². The Morgan fingerprint density at radius 3 is 2.68 bits per heavy atom. The largest absolute Gasteiger partial charge is 0.493 e. The molecule has 4 nitrogen and oxygen atoms in total. The van der Waals surface area contributed by atoms with Gasteiger partial charge in [-0.3, -0.25) is 4.79 Å². The van der Waals surface area contributed by atoms with Crippen LogP contribution in [0.1, 0.15) is 24.8 Å². The third kappa shape index (κ3) is 3.47. The maximum atomic E-state index is 12.1. The third-order valence-electron chi connectivity index (χ3n) is 3.37. The van der Waals surface area contributed by atoms with Crippen molar-refractivity contribution in [3.63, 3.8) is 0 Å². The fourth-order valence-electron chi connectivity index (χ4n) is 2.30. The molecule has 2 rings (SSSR count). The molecule has 1 heterocycles. The van der Waals surface area contributed by atoms with E-state index in [4.69, 9.17) is 14.2 Å². The Morgan fingerprint density at radius 1 is 1.26 bits per heavy atom. The summed E-state index contributed by atoms with van der Waals surface area (Å²) in [6.45, 7) is 0.697. The molecule has 1 aromatic carbocycles. The minimum Gasteiger partial charge on any atom is -0.493 e. The Bertz CT molecular complexity index is 436. The summed E-state index contributed by atoms with van der Waals surface area (Å²) in [5.74, 6) is 1.47. The molecule has 0 saturated carbocycles. The van der Waals surface area contributed by atoms with Crippen LogP contribution in [0.25, 0.3) is 0 Å². The molecule has 0 amide bonds. The number of benzene rings is 1. The van der Waals surface area contributed by atoms with Crippen LogP contribution < -0.4 is 9.47 Å². The summed E-state index contributed by atoms with van der Waals surface area (Å²) in [5.41, 5.74) is 0.928. The van der Waals surface area contributed by atoms with Crippen molar-refractivity contribution in [3.05, 3.63) is 23.8 Å². The molecule has 0 bridgehead atoms. The Labute approximate surface area is 113 Å². The van der Waals surface area contributed by atoms with Gasteiger partial charge in [-0.25, -0.2) is 0 Å². The first-order valence-electron chi connectivity index (χ1n) is 6.60. The molecule has 0 N–H and O–H groups in total. The van der Waals surface area contributed by atoms with Crippen LogP contribution in [-0.2, 0) is 16.0 Å². The van der Waals surface area contributed by atoms with E-state index in [2.05, 4.69) is 0 Å². The van der Waals surface area contributed by atoms with Crippen LogP contribution in [0.4, 0.5) is 0 Å². The second kappa shape index (κ2) is 6.57. The van der Waals surface area contributed by atoms with E-state index in [9.17, 15) is 4.79 Å². The SMILES string of the molecule is COc1ccc(CC(=O)C2CCCCO2)cc1OC. The topological polar surface area (TPSA) is 44.8 Å². The molecule has 19 heavy (non-hydrogen) atoms. The number of Topliss-reactive ketones (excluding diaryl/α,β-unsaturated/α-hetero) is 1. The quantitative estimate of drug-likeness (QED) is 0.819. The Morgan fingerprint density at radius 2 is 2.05 bits per heavy atom. The van der Waals surface area contributed by atoms with Gasteiger partial charge in [0.2, 0.25) is 0 Å². The summed E-state index contributed by atoms with van der Waals surface area (Å²) in [4.78, 5) is 12.1. The van der Waals surface area contributed by atoms with Crippen LogP contribution in [0.5, 0.6) is 11.5 Å². The monoisotopic (exact) mass is 264 g/mol. The second-order valence-corrected chi connectivity index (χ2v) is 4.69. The lowest BCUT2D eigenvalue weighted by Gasteiger charge is -2.21. The average molecular weight is 264 g/mol. The van der Waals surface area contributed by atoms with E-state index in [0.29, 0.717) is 24.5 Å². The molecule has 0 radical (unpaired) electrons. The predicted octanol–water partition coefficient (Wildman–Crippen LogP) is 2.38. The van der Waals surface area contributed by atoms with Crippen molar-refractivity contribution in [1.29, 1.82) is 0 Å². The molecule has 4 heteroatoms. The number of carbonyl (C=O) groups excluding carboxylic acids is 1. The van der Waals surface area contributed by atoms with E-state index >= 15 is 0 Å². The minimum atomic E-state index is -0.234. The zero-order valence-electron chi connectivity index (χ0n) is 11.5. The van der Waals surface area contributed by atoms with Gasteiger partial charge in [0.1, 0.15) is 6.10 Å². The molecule has 0 spiro atoms. The van der Waals surface area contributed by atoms with Gasteiger partial charge in [0, 0.05) is 13.0 Å². The number of ether oxygens (including phenoxy) is 3. The van der Waals surface area contributed by atoms with Crippen LogP contribution in [0, 0.1) is 0 Å². The summed E-state index contributed by atoms with van der Waals surface area (Å²) in [7, 11) is 3.19. The molecule has 1 fully saturated rings. The van der Waals surface area contributed by atoms with Crippen LogP contribution >= 0.6 is 0 Å². The summed E-state index contributed by atoms with van der Waals surface area (Å²) < 4.78 is 15.9. The van der Waals surface area contributed by atoms with Crippen molar-refractivity contribution in [3.8, 4) is 11.5 Å². The molecule has 1 unspecified atom stereocenters. The highest BCUT2D eigenvalue weighted by Gasteiger charge is 2.22. The van der Waals surface area contributed by atoms with Crippen LogP contribution in [-0.4, -0.2) is 32.7 Å². The van der Waals surface area contributed by atoms with Gasteiger partial charge in [-0.1, -0.05) is 6.07 Å². The molecule has 104 valence electrons. The maximum absolute atomic E-state index is 12.1. The van der Waals surface area contributed by atoms with Gasteiger partial charge in [-0.05, 0) is 37.0 Å². The first-order chi connectivity index (χ1) is 9.24. The highest BCUT2D eigenvalue weighted by Crippen LogP contribution is 2.28. The molecule has 1 aromatic rings. The first-order valence-corrected chi connectivity index (χ1v) is 6.60. The van der Waals surface area contributed by atoms with Crippen LogP contribution in [0.15, 0.2) is 18.2 Å². The highest BCUT2D eigenvalue weighted by atomic mass is 16.5. The Kier molecular flexibility index (Phi) is 4.80. The summed E-state index contributed by atoms with van der Waals surface area (Å²) in [5, 5.41) is 0. The number of hydrogen-bond acceptors (Lipinski definition) is 4. The van der Waals surface area contributed by atoms with Crippen LogP contribution in [0.2, 0.25) is 0 Å². The van der Waals surface area contributed by atoms with Crippen LogP contribution in [0.3, 0.4) is 0 Å². The third-order valence-corrected chi connectivity index (χ3v) is 3.37. The molecule has 1 atom stereocenters. The van der Waals surface area contributed by atoms with Crippen molar-refractivity contribution in [2.75, 3.05) is 20.8 Å². The highest BCUT2D eigenvalue weighted by molar-refractivity contribution is 5.85. The van der Waals surface area contributed by atoms with E-state index in [1.807, 2.05) is 18.2 Å². The van der Waals surface area contributed by atoms with Gasteiger partial charge in [0.15, 0.2) is 17.3 Å². The molecular weight excluding hydrogens is 244 g/mol. The predicted molar refractivity (Wildman–Crippen MR) is 71.8 cm³/mol. The molecule has 1 saturated heterocycles.